The number of carbonyl (C=O) groups excluding carboxylic acids is 1. The molecule has 0 fully saturated rings. The molecule has 0 aromatic heterocycles. The Hall–Kier alpha value is -1.75. The van der Waals surface area contributed by atoms with Crippen LogP contribution < -0.4 is 16.0 Å². The summed E-state index contributed by atoms with van der Waals surface area (Å²) in [5.74, 6) is -0.311. The number of hydrogen-bond acceptors (Lipinski definition) is 4. The van der Waals surface area contributed by atoms with E-state index in [1.54, 1.807) is 0 Å². The summed E-state index contributed by atoms with van der Waals surface area (Å²) in [6, 6.07) is 7.84. The van der Waals surface area contributed by atoms with E-state index in [1.807, 2.05) is 43.1 Å². The summed E-state index contributed by atoms with van der Waals surface area (Å²) >= 11 is 0. The largest absolute Gasteiger partial charge is 0.395 e. The lowest BCUT2D eigenvalue weighted by atomic mass is 10.2. The van der Waals surface area contributed by atoms with E-state index in [4.69, 9.17) is 10.8 Å². The zero-order valence-corrected chi connectivity index (χ0v) is 10.9. The maximum atomic E-state index is 10.8. The van der Waals surface area contributed by atoms with Crippen molar-refractivity contribution in [2.75, 3.05) is 30.4 Å². The number of primary amides is 1. The van der Waals surface area contributed by atoms with Crippen molar-refractivity contribution in [3.63, 3.8) is 0 Å². The molecule has 0 radical (unpaired) electrons. The first kappa shape index (κ1) is 14.3. The fourth-order valence-corrected chi connectivity index (χ4v) is 1.73. The van der Waals surface area contributed by atoms with E-state index in [2.05, 4.69) is 5.32 Å². The number of carbonyl (C=O) groups is 1. The fraction of sp³-hybridized carbons (Fsp3) is 0.462. The van der Waals surface area contributed by atoms with Gasteiger partial charge < -0.3 is 21.1 Å². The maximum absolute atomic E-state index is 10.8. The van der Waals surface area contributed by atoms with Crippen LogP contribution in [0.2, 0.25) is 0 Å². The molecule has 1 aromatic carbocycles. The van der Waals surface area contributed by atoms with Gasteiger partial charge in [-0.1, -0.05) is 0 Å². The molecule has 0 aliphatic rings. The molecular formula is C13H21N3O2. The number of anilines is 2. The Morgan fingerprint density at radius 2 is 2.06 bits per heavy atom. The van der Waals surface area contributed by atoms with Crippen LogP contribution in [0.4, 0.5) is 11.4 Å². The minimum absolute atomic E-state index is 0.0171. The van der Waals surface area contributed by atoms with Crippen LogP contribution in [0.25, 0.3) is 0 Å². The third kappa shape index (κ3) is 4.63. The highest BCUT2D eigenvalue weighted by atomic mass is 16.3. The number of nitrogens with zero attached hydrogens (tertiary/aromatic N) is 1. The SMILES string of the molecule is CC(CC(N)=O)Nc1ccc(N(C)CCO)cc1. The topological polar surface area (TPSA) is 78.6 Å². The second kappa shape index (κ2) is 6.86. The lowest BCUT2D eigenvalue weighted by molar-refractivity contribution is -0.118. The predicted molar refractivity (Wildman–Crippen MR) is 73.7 cm³/mol. The highest BCUT2D eigenvalue weighted by molar-refractivity contribution is 5.75. The minimum Gasteiger partial charge on any atom is -0.395 e. The molecule has 0 aliphatic heterocycles. The van der Waals surface area contributed by atoms with E-state index in [9.17, 15) is 4.79 Å². The van der Waals surface area contributed by atoms with E-state index in [0.717, 1.165) is 11.4 Å². The summed E-state index contributed by atoms with van der Waals surface area (Å²) < 4.78 is 0. The van der Waals surface area contributed by atoms with Crippen molar-refractivity contribution < 1.29 is 9.90 Å². The molecule has 0 saturated heterocycles. The zero-order valence-electron chi connectivity index (χ0n) is 10.9. The predicted octanol–water partition coefficient (Wildman–Crippen LogP) is 0.791. The molecular weight excluding hydrogens is 230 g/mol. The normalized spacial score (nSPS) is 11.9. The third-order valence-corrected chi connectivity index (χ3v) is 2.66. The first-order valence-electron chi connectivity index (χ1n) is 6.00. The average Bonchev–Trinajstić information content (AvgIpc) is 2.29. The van der Waals surface area contributed by atoms with Gasteiger partial charge in [0.15, 0.2) is 0 Å². The molecule has 0 heterocycles. The second-order valence-electron chi connectivity index (χ2n) is 4.41. The number of hydrogen-bond donors (Lipinski definition) is 3. The smallest absolute Gasteiger partial charge is 0.219 e. The molecule has 4 N–H and O–H groups in total. The average molecular weight is 251 g/mol. The molecule has 0 saturated carbocycles. The van der Waals surface area contributed by atoms with Gasteiger partial charge in [-0.25, -0.2) is 0 Å². The van der Waals surface area contributed by atoms with Gasteiger partial charge in [0.25, 0.3) is 0 Å². The van der Waals surface area contributed by atoms with Gasteiger partial charge in [-0.05, 0) is 31.2 Å². The molecule has 1 aromatic rings. The van der Waals surface area contributed by atoms with Crippen LogP contribution in [0.3, 0.4) is 0 Å². The summed E-state index contributed by atoms with van der Waals surface area (Å²) in [6.45, 7) is 2.65. The molecule has 1 unspecified atom stereocenters. The highest BCUT2D eigenvalue weighted by Gasteiger charge is 2.06. The van der Waals surface area contributed by atoms with Gasteiger partial charge in [-0.2, -0.15) is 0 Å². The molecule has 0 spiro atoms. The third-order valence-electron chi connectivity index (χ3n) is 2.66. The Bertz CT molecular complexity index is 378. The van der Waals surface area contributed by atoms with E-state index >= 15 is 0 Å². The Balaban J connectivity index is 2.57. The van der Waals surface area contributed by atoms with Gasteiger partial charge in [0.2, 0.25) is 5.91 Å². The van der Waals surface area contributed by atoms with E-state index in [-0.39, 0.29) is 18.6 Å². The van der Waals surface area contributed by atoms with Crippen molar-refractivity contribution in [2.45, 2.75) is 19.4 Å². The Labute approximate surface area is 108 Å². The quantitative estimate of drug-likeness (QED) is 0.669. The van der Waals surface area contributed by atoms with Crippen LogP contribution in [-0.2, 0) is 4.79 Å². The van der Waals surface area contributed by atoms with Gasteiger partial charge in [0.05, 0.1) is 6.61 Å². The molecule has 5 nitrogen and oxygen atoms in total. The van der Waals surface area contributed by atoms with Crippen molar-refractivity contribution in [1.29, 1.82) is 0 Å². The Kier molecular flexibility index (Phi) is 5.45. The molecule has 5 heteroatoms. The summed E-state index contributed by atoms with van der Waals surface area (Å²) in [5, 5.41) is 12.1. The summed E-state index contributed by atoms with van der Waals surface area (Å²) in [7, 11) is 1.92. The van der Waals surface area contributed by atoms with Crippen LogP contribution in [0, 0.1) is 0 Å². The number of benzene rings is 1. The zero-order chi connectivity index (χ0) is 13.5. The van der Waals surface area contributed by atoms with Crippen LogP contribution in [-0.4, -0.2) is 37.3 Å². The maximum Gasteiger partial charge on any atom is 0.219 e. The Morgan fingerprint density at radius 3 is 2.56 bits per heavy atom. The standard InChI is InChI=1S/C13H21N3O2/c1-10(9-13(14)18)15-11-3-5-12(6-4-11)16(2)7-8-17/h3-6,10,15,17H,7-9H2,1-2H3,(H2,14,18). The second-order valence-corrected chi connectivity index (χ2v) is 4.41. The van der Waals surface area contributed by atoms with Crippen LogP contribution in [0.1, 0.15) is 13.3 Å². The summed E-state index contributed by atoms with van der Waals surface area (Å²) in [6.07, 6.45) is 0.312. The lowest BCUT2D eigenvalue weighted by Crippen LogP contribution is -2.24. The summed E-state index contributed by atoms with van der Waals surface area (Å²) in [4.78, 5) is 12.7. The first-order valence-corrected chi connectivity index (χ1v) is 6.00. The van der Waals surface area contributed by atoms with Crippen molar-refractivity contribution in [3.05, 3.63) is 24.3 Å². The van der Waals surface area contributed by atoms with Crippen molar-refractivity contribution >= 4 is 17.3 Å². The van der Waals surface area contributed by atoms with Crippen LogP contribution in [0.15, 0.2) is 24.3 Å². The van der Waals surface area contributed by atoms with Gasteiger partial charge in [-0.3, -0.25) is 4.79 Å². The van der Waals surface area contributed by atoms with E-state index in [0.29, 0.717) is 13.0 Å². The number of rotatable bonds is 7. The van der Waals surface area contributed by atoms with Crippen LogP contribution >= 0.6 is 0 Å². The molecule has 0 aliphatic carbocycles. The van der Waals surface area contributed by atoms with Gasteiger partial charge in [0.1, 0.15) is 0 Å². The monoisotopic (exact) mass is 251 g/mol. The number of aliphatic hydroxyl groups excluding tert-OH is 1. The number of nitrogens with two attached hydrogens (primary N) is 1. The fourth-order valence-electron chi connectivity index (χ4n) is 1.73. The van der Waals surface area contributed by atoms with Gasteiger partial charge in [-0.15, -0.1) is 0 Å². The molecule has 100 valence electrons. The van der Waals surface area contributed by atoms with E-state index in [1.165, 1.54) is 0 Å². The molecule has 18 heavy (non-hydrogen) atoms. The van der Waals surface area contributed by atoms with Crippen molar-refractivity contribution in [3.8, 4) is 0 Å². The lowest BCUT2D eigenvalue weighted by Gasteiger charge is -2.19. The number of nitrogens with one attached hydrogen (secondary N) is 1. The molecule has 1 atom stereocenters. The van der Waals surface area contributed by atoms with Gasteiger partial charge >= 0.3 is 0 Å². The van der Waals surface area contributed by atoms with Gasteiger partial charge in [0, 0.05) is 37.4 Å². The number of likely N-dealkylation sites (N-methyl/N-ethyl adjacent to an activating group) is 1. The number of amides is 1. The number of aliphatic hydroxyl groups is 1. The molecule has 1 amide bonds. The first-order chi connectivity index (χ1) is 8.52. The van der Waals surface area contributed by atoms with Crippen molar-refractivity contribution in [2.24, 2.45) is 5.73 Å². The van der Waals surface area contributed by atoms with Crippen LogP contribution in [0.5, 0.6) is 0 Å². The minimum atomic E-state index is -0.311. The highest BCUT2D eigenvalue weighted by Crippen LogP contribution is 2.17. The Morgan fingerprint density at radius 1 is 1.44 bits per heavy atom. The molecule has 0 bridgehead atoms. The molecule has 1 rings (SSSR count). The van der Waals surface area contributed by atoms with E-state index < -0.39 is 0 Å². The summed E-state index contributed by atoms with van der Waals surface area (Å²) in [5.41, 5.74) is 7.12. The van der Waals surface area contributed by atoms with Crippen molar-refractivity contribution in [1.82, 2.24) is 0 Å².